The second-order valence-corrected chi connectivity index (χ2v) is 4.05. The van der Waals surface area contributed by atoms with Gasteiger partial charge in [-0.3, -0.25) is 10.1 Å². The molecule has 0 aliphatic carbocycles. The number of hydrogen-bond donors (Lipinski definition) is 2. The normalized spacial score (nSPS) is 9.86. The van der Waals surface area contributed by atoms with Crippen LogP contribution in [0.2, 0.25) is 0 Å². The summed E-state index contributed by atoms with van der Waals surface area (Å²) in [6.07, 6.45) is 0.237. The predicted molar refractivity (Wildman–Crippen MR) is 72.0 cm³/mol. The van der Waals surface area contributed by atoms with Crippen molar-refractivity contribution in [3.8, 4) is 11.8 Å². The molecule has 2 N–H and O–H groups in total. The van der Waals surface area contributed by atoms with Gasteiger partial charge in [-0.2, -0.15) is 0 Å². The Hall–Kier alpha value is -2.72. The van der Waals surface area contributed by atoms with E-state index in [4.69, 9.17) is 9.52 Å². The van der Waals surface area contributed by atoms with Crippen LogP contribution in [0.25, 0.3) is 0 Å². The van der Waals surface area contributed by atoms with Gasteiger partial charge in [-0.05, 0) is 18.2 Å². The van der Waals surface area contributed by atoms with E-state index in [1.165, 1.54) is 6.07 Å². The molecule has 1 aromatic carbocycles. The van der Waals surface area contributed by atoms with Gasteiger partial charge in [0.2, 0.25) is 5.89 Å². The van der Waals surface area contributed by atoms with Gasteiger partial charge >= 0.3 is 6.01 Å². The van der Waals surface area contributed by atoms with E-state index in [-0.39, 0.29) is 30.2 Å². The minimum atomic E-state index is -0.535. The van der Waals surface area contributed by atoms with Crippen LogP contribution < -0.4 is 5.32 Å². The first-order chi connectivity index (χ1) is 10.1. The zero-order chi connectivity index (χ0) is 15.2. The Bertz CT molecular complexity index is 716. The fourth-order valence-electron chi connectivity index (χ4n) is 1.54. The van der Waals surface area contributed by atoms with Gasteiger partial charge in [0.05, 0.1) is 12.2 Å². The zero-order valence-corrected chi connectivity index (χ0v) is 11.2. The van der Waals surface area contributed by atoms with E-state index < -0.39 is 11.7 Å². The molecule has 0 fully saturated rings. The number of anilines is 1. The molecule has 0 aliphatic rings. The van der Waals surface area contributed by atoms with Gasteiger partial charge < -0.3 is 9.52 Å². The summed E-state index contributed by atoms with van der Waals surface area (Å²) in [4.78, 5) is 12.1. The first-order valence-corrected chi connectivity index (χ1v) is 6.11. The summed E-state index contributed by atoms with van der Waals surface area (Å²) in [5, 5.41) is 18.3. The predicted octanol–water partition coefficient (Wildman–Crippen LogP) is 1.50. The summed E-state index contributed by atoms with van der Waals surface area (Å²) in [5.74, 6) is 4.56. The molecule has 2 rings (SSSR count). The fraction of sp³-hybridized carbons (Fsp3) is 0.214. The second kappa shape index (κ2) is 6.63. The highest BCUT2D eigenvalue weighted by Gasteiger charge is 2.14. The van der Waals surface area contributed by atoms with Crippen LogP contribution in [0, 0.1) is 24.6 Å². The average Bonchev–Trinajstić information content (AvgIpc) is 2.84. The fourth-order valence-corrected chi connectivity index (χ4v) is 1.54. The Morgan fingerprint density at radius 2 is 2.29 bits per heavy atom. The van der Waals surface area contributed by atoms with Crippen LogP contribution in [0.4, 0.5) is 10.4 Å². The minimum Gasteiger partial charge on any atom is -0.408 e. The van der Waals surface area contributed by atoms with Crippen molar-refractivity contribution in [2.45, 2.75) is 13.3 Å². The Balaban J connectivity index is 2.26. The second-order valence-electron chi connectivity index (χ2n) is 4.05. The third kappa shape index (κ3) is 3.87. The smallest absolute Gasteiger partial charge is 0.322 e. The number of nitrogens with zero attached hydrogens (tertiary/aromatic N) is 2. The highest BCUT2D eigenvalue weighted by molar-refractivity contribution is 6.04. The molecule has 0 saturated heterocycles. The number of aliphatic hydroxyl groups is 1. The molecule has 1 heterocycles. The number of hydrogen-bond acceptors (Lipinski definition) is 5. The zero-order valence-electron chi connectivity index (χ0n) is 11.2. The van der Waals surface area contributed by atoms with Crippen molar-refractivity contribution in [3.63, 3.8) is 0 Å². The van der Waals surface area contributed by atoms with Crippen molar-refractivity contribution < 1.29 is 18.7 Å². The number of benzene rings is 1. The van der Waals surface area contributed by atoms with E-state index in [2.05, 4.69) is 27.4 Å². The molecule has 1 aromatic heterocycles. The molecular formula is C14H12FN3O3. The van der Waals surface area contributed by atoms with Crippen LogP contribution in [-0.4, -0.2) is 27.8 Å². The van der Waals surface area contributed by atoms with Gasteiger partial charge in [0, 0.05) is 18.9 Å². The number of aromatic nitrogens is 2. The molecule has 0 bridgehead atoms. The summed E-state index contributed by atoms with van der Waals surface area (Å²) in [7, 11) is 0. The quantitative estimate of drug-likeness (QED) is 0.836. The number of carbonyl (C=O) groups is 1. The third-order valence-corrected chi connectivity index (χ3v) is 2.43. The number of halogens is 1. The summed E-state index contributed by atoms with van der Waals surface area (Å²) in [5.41, 5.74) is 0.398. The molecule has 0 saturated carbocycles. The van der Waals surface area contributed by atoms with Gasteiger partial charge in [-0.15, -0.1) is 5.10 Å². The van der Waals surface area contributed by atoms with Gasteiger partial charge in [-0.25, -0.2) is 4.39 Å². The molecule has 7 heteroatoms. The number of amides is 1. The molecule has 0 radical (unpaired) electrons. The van der Waals surface area contributed by atoms with Crippen molar-refractivity contribution in [1.29, 1.82) is 0 Å². The average molecular weight is 289 g/mol. The van der Waals surface area contributed by atoms with Gasteiger partial charge in [-0.1, -0.05) is 16.9 Å². The van der Waals surface area contributed by atoms with Gasteiger partial charge in [0.25, 0.3) is 5.91 Å². The molecule has 0 spiro atoms. The standard InChI is InChI=1S/C14H12FN3O3/c1-9-17-18-14(21-9)16-13(20)12-6-5-11(15)8-10(12)4-2-3-7-19/h5-6,8,19H,3,7H2,1H3,(H,16,18,20). The maximum Gasteiger partial charge on any atom is 0.322 e. The monoisotopic (exact) mass is 289 g/mol. The molecule has 2 aromatic rings. The van der Waals surface area contributed by atoms with E-state index in [1.807, 2.05) is 0 Å². The lowest BCUT2D eigenvalue weighted by Gasteiger charge is -2.03. The lowest BCUT2D eigenvalue weighted by molar-refractivity contribution is 0.102. The third-order valence-electron chi connectivity index (χ3n) is 2.43. The highest BCUT2D eigenvalue weighted by Crippen LogP contribution is 2.13. The summed E-state index contributed by atoms with van der Waals surface area (Å²) < 4.78 is 18.3. The van der Waals surface area contributed by atoms with Crippen LogP contribution >= 0.6 is 0 Å². The molecule has 6 nitrogen and oxygen atoms in total. The molecule has 0 aliphatic heterocycles. The van der Waals surface area contributed by atoms with E-state index in [1.54, 1.807) is 6.92 Å². The first-order valence-electron chi connectivity index (χ1n) is 6.11. The number of rotatable bonds is 3. The molecule has 0 unspecified atom stereocenters. The highest BCUT2D eigenvalue weighted by atomic mass is 19.1. The van der Waals surface area contributed by atoms with Crippen molar-refractivity contribution in [1.82, 2.24) is 10.2 Å². The lowest BCUT2D eigenvalue weighted by Crippen LogP contribution is -2.14. The number of aliphatic hydroxyl groups excluding tert-OH is 1. The largest absolute Gasteiger partial charge is 0.408 e. The van der Waals surface area contributed by atoms with E-state index in [0.717, 1.165) is 12.1 Å². The Morgan fingerprint density at radius 1 is 1.48 bits per heavy atom. The van der Waals surface area contributed by atoms with Crippen molar-refractivity contribution >= 4 is 11.9 Å². The maximum atomic E-state index is 13.3. The Morgan fingerprint density at radius 3 is 2.95 bits per heavy atom. The van der Waals surface area contributed by atoms with Crippen LogP contribution in [0.3, 0.4) is 0 Å². The summed E-state index contributed by atoms with van der Waals surface area (Å²) in [6, 6.07) is 3.58. The summed E-state index contributed by atoms with van der Waals surface area (Å²) in [6.45, 7) is 1.48. The number of carbonyl (C=O) groups excluding carboxylic acids is 1. The van der Waals surface area contributed by atoms with Crippen LogP contribution in [0.1, 0.15) is 28.2 Å². The van der Waals surface area contributed by atoms with Gasteiger partial charge in [0.1, 0.15) is 5.82 Å². The SMILES string of the molecule is Cc1nnc(NC(=O)c2ccc(F)cc2C#CCCO)o1. The maximum absolute atomic E-state index is 13.3. The van der Waals surface area contributed by atoms with Crippen LogP contribution in [0.5, 0.6) is 0 Å². The van der Waals surface area contributed by atoms with Crippen molar-refractivity contribution in [3.05, 3.63) is 41.0 Å². The van der Waals surface area contributed by atoms with Crippen molar-refractivity contribution in [2.75, 3.05) is 11.9 Å². The molecule has 108 valence electrons. The number of nitrogens with one attached hydrogen (secondary N) is 1. The van der Waals surface area contributed by atoms with Crippen LogP contribution in [0.15, 0.2) is 22.6 Å². The molecule has 1 amide bonds. The Labute approximate surface area is 120 Å². The van der Waals surface area contributed by atoms with Crippen LogP contribution in [-0.2, 0) is 0 Å². The molecule has 0 atom stereocenters. The van der Waals surface area contributed by atoms with Gasteiger partial charge in [0.15, 0.2) is 0 Å². The lowest BCUT2D eigenvalue weighted by atomic mass is 10.1. The van der Waals surface area contributed by atoms with E-state index in [0.29, 0.717) is 5.89 Å². The number of aryl methyl sites for hydroxylation is 1. The first kappa shape index (κ1) is 14.7. The van der Waals surface area contributed by atoms with Crippen molar-refractivity contribution in [2.24, 2.45) is 0 Å². The topological polar surface area (TPSA) is 88.2 Å². The molecule has 21 heavy (non-hydrogen) atoms. The van der Waals surface area contributed by atoms with E-state index in [9.17, 15) is 9.18 Å². The Kier molecular flexibility index (Phi) is 4.64. The van der Waals surface area contributed by atoms with E-state index >= 15 is 0 Å². The molecular weight excluding hydrogens is 277 g/mol. The summed E-state index contributed by atoms with van der Waals surface area (Å²) >= 11 is 0. The minimum absolute atomic E-state index is 0.0453.